The van der Waals surface area contributed by atoms with Gasteiger partial charge in [0.1, 0.15) is 12.1 Å². The van der Waals surface area contributed by atoms with Gasteiger partial charge in [-0.2, -0.15) is 0 Å². The Labute approximate surface area is 178 Å². The van der Waals surface area contributed by atoms with E-state index >= 15 is 0 Å². The molecule has 4 rings (SSSR count). The molecular formula is C20H21N5O4S. The maximum atomic E-state index is 12.1. The highest BCUT2D eigenvalue weighted by atomic mass is 32.1. The second-order valence-electron chi connectivity index (χ2n) is 6.63. The van der Waals surface area contributed by atoms with Crippen molar-refractivity contribution in [1.29, 1.82) is 0 Å². The molecule has 156 valence electrons. The normalized spacial score (nSPS) is 13.9. The number of furan rings is 1. The van der Waals surface area contributed by atoms with Crippen molar-refractivity contribution in [2.24, 2.45) is 0 Å². The molecule has 1 aliphatic rings. The number of hydrogen-bond donors (Lipinski definition) is 1. The largest absolute Gasteiger partial charge is 0.493 e. The zero-order chi connectivity index (χ0) is 21.1. The van der Waals surface area contributed by atoms with E-state index in [0.717, 1.165) is 16.7 Å². The van der Waals surface area contributed by atoms with Gasteiger partial charge in [0.15, 0.2) is 22.4 Å². The smallest absolute Gasteiger partial charge is 0.293 e. The number of nitrogens with zero attached hydrogens (tertiary/aromatic N) is 4. The SMILES string of the molecule is COc1cc2ncnc(N3CCN(C(=S)NC(=O)c4ccco4)CC3)c2cc1OC. The van der Waals surface area contributed by atoms with Crippen LogP contribution >= 0.6 is 12.2 Å². The number of fused-ring (bicyclic) bond motifs is 1. The van der Waals surface area contributed by atoms with Crippen LogP contribution in [0.15, 0.2) is 41.3 Å². The quantitative estimate of drug-likeness (QED) is 0.628. The van der Waals surface area contributed by atoms with E-state index in [9.17, 15) is 4.79 Å². The van der Waals surface area contributed by atoms with Gasteiger partial charge in [-0.05, 0) is 30.4 Å². The molecule has 3 heterocycles. The summed E-state index contributed by atoms with van der Waals surface area (Å²) < 4.78 is 15.9. The molecule has 0 saturated carbocycles. The van der Waals surface area contributed by atoms with Gasteiger partial charge >= 0.3 is 0 Å². The van der Waals surface area contributed by atoms with Gasteiger partial charge in [-0.1, -0.05) is 0 Å². The Morgan fingerprint density at radius 1 is 1.13 bits per heavy atom. The van der Waals surface area contributed by atoms with E-state index in [0.29, 0.717) is 42.8 Å². The van der Waals surface area contributed by atoms with Crippen molar-refractivity contribution < 1.29 is 18.7 Å². The molecule has 1 saturated heterocycles. The van der Waals surface area contributed by atoms with Crippen molar-refractivity contribution in [2.45, 2.75) is 0 Å². The van der Waals surface area contributed by atoms with E-state index in [1.807, 2.05) is 17.0 Å². The van der Waals surface area contributed by atoms with Crippen LogP contribution in [0.1, 0.15) is 10.6 Å². The van der Waals surface area contributed by atoms with E-state index < -0.39 is 0 Å². The molecule has 0 unspecified atom stereocenters. The van der Waals surface area contributed by atoms with Crippen LogP contribution in [0.25, 0.3) is 10.9 Å². The number of aromatic nitrogens is 2. The summed E-state index contributed by atoms with van der Waals surface area (Å²) >= 11 is 5.39. The predicted molar refractivity (Wildman–Crippen MR) is 115 cm³/mol. The number of thiocarbonyl (C=S) groups is 1. The summed E-state index contributed by atoms with van der Waals surface area (Å²) in [5.74, 6) is 1.95. The van der Waals surface area contributed by atoms with E-state index in [1.54, 1.807) is 32.7 Å². The summed E-state index contributed by atoms with van der Waals surface area (Å²) in [6.07, 6.45) is 3.00. The number of benzene rings is 1. The minimum absolute atomic E-state index is 0.229. The average Bonchev–Trinajstić information content (AvgIpc) is 3.33. The molecule has 1 amide bonds. The molecule has 1 N–H and O–H groups in total. The third kappa shape index (κ3) is 3.86. The highest BCUT2D eigenvalue weighted by Crippen LogP contribution is 2.34. The van der Waals surface area contributed by atoms with E-state index in [2.05, 4.69) is 20.2 Å². The molecule has 1 fully saturated rings. The first-order chi connectivity index (χ1) is 14.6. The highest BCUT2D eigenvalue weighted by Gasteiger charge is 2.23. The number of carbonyl (C=O) groups is 1. The first kappa shape index (κ1) is 19.9. The zero-order valence-corrected chi connectivity index (χ0v) is 17.4. The molecule has 0 bridgehead atoms. The van der Waals surface area contributed by atoms with Crippen LogP contribution in [0.3, 0.4) is 0 Å². The fraction of sp³-hybridized carbons (Fsp3) is 0.300. The number of hydrogen-bond acceptors (Lipinski definition) is 8. The van der Waals surface area contributed by atoms with Gasteiger partial charge in [0.2, 0.25) is 0 Å². The maximum absolute atomic E-state index is 12.1. The van der Waals surface area contributed by atoms with Crippen molar-refractivity contribution in [3.63, 3.8) is 0 Å². The third-order valence-electron chi connectivity index (χ3n) is 4.95. The molecular weight excluding hydrogens is 406 g/mol. The Bertz CT molecular complexity index is 1060. The molecule has 9 nitrogen and oxygen atoms in total. The topological polar surface area (TPSA) is 93.0 Å². The van der Waals surface area contributed by atoms with Gasteiger partial charge in [-0.15, -0.1) is 0 Å². The minimum atomic E-state index is -0.352. The summed E-state index contributed by atoms with van der Waals surface area (Å²) in [6, 6.07) is 6.99. The van der Waals surface area contributed by atoms with Crippen molar-refractivity contribution in [3.8, 4) is 11.5 Å². The van der Waals surface area contributed by atoms with Crippen molar-refractivity contribution in [3.05, 3.63) is 42.6 Å². The first-order valence-electron chi connectivity index (χ1n) is 9.36. The molecule has 30 heavy (non-hydrogen) atoms. The van der Waals surface area contributed by atoms with Gasteiger partial charge in [-0.3, -0.25) is 10.1 Å². The lowest BCUT2D eigenvalue weighted by Gasteiger charge is -2.36. The fourth-order valence-electron chi connectivity index (χ4n) is 3.39. The van der Waals surface area contributed by atoms with Crippen LogP contribution < -0.4 is 19.7 Å². The fourth-order valence-corrected chi connectivity index (χ4v) is 3.66. The first-order valence-corrected chi connectivity index (χ1v) is 9.77. The third-order valence-corrected chi connectivity index (χ3v) is 5.31. The minimum Gasteiger partial charge on any atom is -0.493 e. The Hall–Kier alpha value is -3.40. The van der Waals surface area contributed by atoms with Crippen LogP contribution in [0.4, 0.5) is 5.82 Å². The van der Waals surface area contributed by atoms with Gasteiger partial charge in [-0.25, -0.2) is 9.97 Å². The summed E-state index contributed by atoms with van der Waals surface area (Å²) in [4.78, 5) is 25.1. The standard InChI is InChI=1S/C20H21N5O4S/c1-27-16-10-13-14(11-17(16)28-2)21-12-22-18(13)24-5-7-25(8-6-24)20(30)23-19(26)15-4-3-9-29-15/h3-4,9-12H,5-8H2,1-2H3,(H,23,26,30). The molecule has 2 aromatic heterocycles. The van der Waals surface area contributed by atoms with Crippen LogP contribution in [0, 0.1) is 0 Å². The number of rotatable bonds is 4. The Morgan fingerprint density at radius 3 is 2.53 bits per heavy atom. The van der Waals surface area contributed by atoms with Crippen LogP contribution in [0.2, 0.25) is 0 Å². The number of nitrogens with one attached hydrogen (secondary N) is 1. The lowest BCUT2D eigenvalue weighted by atomic mass is 10.2. The van der Waals surface area contributed by atoms with Gasteiger partial charge in [0.25, 0.3) is 5.91 Å². The highest BCUT2D eigenvalue weighted by molar-refractivity contribution is 7.80. The number of anilines is 1. The zero-order valence-electron chi connectivity index (χ0n) is 16.6. The van der Waals surface area contributed by atoms with Gasteiger partial charge in [0, 0.05) is 37.6 Å². The van der Waals surface area contributed by atoms with E-state index in [1.165, 1.54) is 6.26 Å². The Kier molecular flexibility index (Phi) is 5.66. The van der Waals surface area contributed by atoms with E-state index in [-0.39, 0.29) is 11.7 Å². The Morgan fingerprint density at radius 2 is 1.87 bits per heavy atom. The molecule has 0 spiro atoms. The van der Waals surface area contributed by atoms with Crippen molar-refractivity contribution >= 4 is 40.0 Å². The monoisotopic (exact) mass is 427 g/mol. The molecule has 1 aromatic carbocycles. The predicted octanol–water partition coefficient (Wildman–Crippen LogP) is 2.08. The second-order valence-corrected chi connectivity index (χ2v) is 7.02. The molecule has 3 aromatic rings. The lowest BCUT2D eigenvalue weighted by Crippen LogP contribution is -2.52. The maximum Gasteiger partial charge on any atom is 0.293 e. The van der Waals surface area contributed by atoms with Crippen molar-refractivity contribution in [1.82, 2.24) is 20.2 Å². The number of carbonyl (C=O) groups excluding carboxylic acids is 1. The Balaban J connectivity index is 1.47. The van der Waals surface area contributed by atoms with Crippen LogP contribution in [-0.2, 0) is 0 Å². The van der Waals surface area contributed by atoms with Crippen LogP contribution in [0.5, 0.6) is 11.5 Å². The average molecular weight is 427 g/mol. The summed E-state index contributed by atoms with van der Waals surface area (Å²) in [7, 11) is 3.20. The molecule has 0 aliphatic carbocycles. The van der Waals surface area contributed by atoms with E-state index in [4.69, 9.17) is 26.1 Å². The van der Waals surface area contributed by atoms with Crippen LogP contribution in [-0.4, -0.2) is 66.3 Å². The summed E-state index contributed by atoms with van der Waals surface area (Å²) in [6.45, 7) is 2.68. The molecule has 10 heteroatoms. The lowest BCUT2D eigenvalue weighted by molar-refractivity contribution is 0.0946. The number of piperazine rings is 1. The number of ether oxygens (including phenoxy) is 2. The molecule has 1 aliphatic heterocycles. The van der Waals surface area contributed by atoms with Crippen molar-refractivity contribution in [2.75, 3.05) is 45.3 Å². The number of amides is 1. The summed E-state index contributed by atoms with van der Waals surface area (Å²) in [5, 5.41) is 3.98. The molecule has 0 atom stereocenters. The second kappa shape index (κ2) is 8.54. The summed E-state index contributed by atoms with van der Waals surface area (Å²) in [5.41, 5.74) is 0.779. The number of methoxy groups -OCH3 is 2. The molecule has 0 radical (unpaired) electrons. The van der Waals surface area contributed by atoms with Gasteiger partial charge < -0.3 is 23.7 Å². The van der Waals surface area contributed by atoms with Gasteiger partial charge in [0.05, 0.1) is 26.0 Å².